The lowest BCUT2D eigenvalue weighted by atomic mass is 10.0. The molecule has 362 valence electrons. The van der Waals surface area contributed by atoms with Crippen LogP contribution in [0.5, 0.6) is 0 Å². The van der Waals surface area contributed by atoms with Gasteiger partial charge in [0.15, 0.2) is 0 Å². The molecule has 0 spiro atoms. The summed E-state index contributed by atoms with van der Waals surface area (Å²) in [6.07, 6.45) is 0. The van der Waals surface area contributed by atoms with Crippen LogP contribution in [0.2, 0.25) is 0 Å². The third kappa shape index (κ3) is 8.64. The van der Waals surface area contributed by atoms with Crippen molar-refractivity contribution in [1.82, 2.24) is 0 Å². The van der Waals surface area contributed by atoms with Crippen LogP contribution in [0, 0.1) is 13.8 Å². The SMILES string of the molecule is CC.Cc1c(N(c2ccccc2)c2ccc(-c3ccccc3)cc2)ccc2oc3ccc(N(c4ccccc4)c4ccc5oc6ccc(N(c7ccccc7)c7ccc(-c8ccccc8)cc7)c(C)c6c5c4)cc3c12. The van der Waals surface area contributed by atoms with Gasteiger partial charge in [0, 0.05) is 72.7 Å². The van der Waals surface area contributed by atoms with Crippen LogP contribution in [0.15, 0.2) is 270 Å². The van der Waals surface area contributed by atoms with E-state index in [1.807, 2.05) is 13.8 Å². The van der Waals surface area contributed by atoms with E-state index in [0.29, 0.717) is 0 Å². The van der Waals surface area contributed by atoms with Gasteiger partial charge >= 0.3 is 0 Å². The van der Waals surface area contributed by atoms with E-state index in [0.717, 1.165) is 106 Å². The number of para-hydroxylation sites is 3. The summed E-state index contributed by atoms with van der Waals surface area (Å²) in [5.74, 6) is 0. The standard InChI is InChI=1S/C68H49N3O2.C2H6/c1-46-61(70(53-24-14-6-15-25-53)55-32-28-50(29-33-55)48-18-8-3-9-19-48)38-42-65-67(46)59-44-57(36-40-63(59)72-65)69(52-22-12-5-13-23-52)58-37-41-64-60(45-58)68-47(2)62(39-43-66(68)73-64)71(54-26-16-7-17-27-54)56-34-30-51(31-35-56)49-20-10-4-11-21-49;1-2/h3-45H,1-2H3;1-2H3. The molecule has 0 unspecified atom stereocenters. The molecule has 0 N–H and O–H groups in total. The molecular formula is C70H55N3O2. The molecule has 0 amide bonds. The Kier molecular flexibility index (Phi) is 12.5. The highest BCUT2D eigenvalue weighted by Gasteiger charge is 2.24. The van der Waals surface area contributed by atoms with Gasteiger partial charge in [0.2, 0.25) is 0 Å². The predicted molar refractivity (Wildman–Crippen MR) is 317 cm³/mol. The Labute approximate surface area is 438 Å². The zero-order valence-corrected chi connectivity index (χ0v) is 42.5. The number of aryl methyl sites for hydroxylation is 2. The van der Waals surface area contributed by atoms with Crippen molar-refractivity contribution in [2.45, 2.75) is 27.7 Å². The summed E-state index contributed by atoms with van der Waals surface area (Å²) in [5.41, 5.74) is 19.9. The second-order valence-electron chi connectivity index (χ2n) is 18.6. The number of hydrogen-bond donors (Lipinski definition) is 0. The summed E-state index contributed by atoms with van der Waals surface area (Å²) in [5, 5.41) is 4.27. The highest BCUT2D eigenvalue weighted by Crippen LogP contribution is 2.47. The molecule has 5 heteroatoms. The number of anilines is 9. The van der Waals surface area contributed by atoms with Crippen molar-refractivity contribution in [2.75, 3.05) is 14.7 Å². The van der Waals surface area contributed by atoms with E-state index >= 15 is 0 Å². The molecule has 0 saturated carbocycles. The first-order valence-corrected chi connectivity index (χ1v) is 25.8. The van der Waals surface area contributed by atoms with Crippen molar-refractivity contribution in [3.05, 3.63) is 272 Å². The van der Waals surface area contributed by atoms with E-state index in [2.05, 4.69) is 289 Å². The van der Waals surface area contributed by atoms with Crippen LogP contribution in [0.4, 0.5) is 51.2 Å². The van der Waals surface area contributed by atoms with Gasteiger partial charge in [-0.3, -0.25) is 0 Å². The molecule has 0 bridgehead atoms. The minimum Gasteiger partial charge on any atom is -0.456 e. The molecule has 0 aliphatic rings. The van der Waals surface area contributed by atoms with Crippen LogP contribution in [0.1, 0.15) is 25.0 Å². The fourth-order valence-corrected chi connectivity index (χ4v) is 10.7. The fraction of sp³-hybridized carbons (Fsp3) is 0.0571. The van der Waals surface area contributed by atoms with Crippen molar-refractivity contribution in [1.29, 1.82) is 0 Å². The van der Waals surface area contributed by atoms with Crippen molar-refractivity contribution < 1.29 is 8.83 Å². The molecular weight excluding hydrogens is 915 g/mol. The number of rotatable bonds is 11. The largest absolute Gasteiger partial charge is 0.456 e. The van der Waals surface area contributed by atoms with Crippen molar-refractivity contribution in [2.24, 2.45) is 0 Å². The van der Waals surface area contributed by atoms with Crippen LogP contribution in [0.3, 0.4) is 0 Å². The lowest BCUT2D eigenvalue weighted by Crippen LogP contribution is -2.11. The number of benzene rings is 11. The Morgan fingerprint density at radius 1 is 0.253 bits per heavy atom. The fourth-order valence-electron chi connectivity index (χ4n) is 10.7. The maximum atomic E-state index is 6.67. The molecule has 75 heavy (non-hydrogen) atoms. The summed E-state index contributed by atoms with van der Waals surface area (Å²) < 4.78 is 13.3. The minimum absolute atomic E-state index is 0.836. The molecule has 0 atom stereocenters. The lowest BCUT2D eigenvalue weighted by molar-refractivity contribution is 0.668. The van der Waals surface area contributed by atoms with Gasteiger partial charge in [-0.2, -0.15) is 0 Å². The monoisotopic (exact) mass is 969 g/mol. The first-order chi connectivity index (χ1) is 37.0. The number of hydrogen-bond acceptors (Lipinski definition) is 5. The summed E-state index contributed by atoms with van der Waals surface area (Å²) in [6, 6.07) is 92.3. The van der Waals surface area contributed by atoms with E-state index in [9.17, 15) is 0 Å². The minimum atomic E-state index is 0.836. The normalized spacial score (nSPS) is 11.2. The molecule has 0 aliphatic carbocycles. The third-order valence-corrected chi connectivity index (χ3v) is 14.2. The zero-order chi connectivity index (χ0) is 50.8. The third-order valence-electron chi connectivity index (χ3n) is 14.2. The van der Waals surface area contributed by atoms with Gasteiger partial charge in [-0.1, -0.05) is 153 Å². The van der Waals surface area contributed by atoms with Gasteiger partial charge in [0.05, 0.1) is 0 Å². The molecule has 5 nitrogen and oxygen atoms in total. The first kappa shape index (κ1) is 46.5. The Balaban J connectivity index is 0.00000281. The number of nitrogens with zero attached hydrogens (tertiary/aromatic N) is 3. The predicted octanol–water partition coefficient (Wildman–Crippen LogP) is 20.9. The molecule has 0 fully saturated rings. The van der Waals surface area contributed by atoms with Crippen LogP contribution >= 0.6 is 0 Å². The number of furan rings is 2. The molecule has 2 heterocycles. The van der Waals surface area contributed by atoms with E-state index in [1.165, 1.54) is 22.3 Å². The van der Waals surface area contributed by atoms with Gasteiger partial charge in [-0.05, 0) is 169 Å². The van der Waals surface area contributed by atoms with E-state index < -0.39 is 0 Å². The summed E-state index contributed by atoms with van der Waals surface area (Å²) >= 11 is 0. The van der Waals surface area contributed by atoms with Gasteiger partial charge in [0.1, 0.15) is 22.3 Å². The average Bonchev–Trinajstić information content (AvgIpc) is 4.06. The molecule has 11 aromatic carbocycles. The molecule has 0 radical (unpaired) electrons. The van der Waals surface area contributed by atoms with Gasteiger partial charge in [-0.15, -0.1) is 0 Å². The maximum absolute atomic E-state index is 6.67. The van der Waals surface area contributed by atoms with Gasteiger partial charge in [0.25, 0.3) is 0 Å². The number of fused-ring (bicyclic) bond motifs is 6. The van der Waals surface area contributed by atoms with E-state index in [-0.39, 0.29) is 0 Å². The van der Waals surface area contributed by atoms with Crippen LogP contribution in [0.25, 0.3) is 66.1 Å². The summed E-state index contributed by atoms with van der Waals surface area (Å²) in [4.78, 5) is 7.03. The Hall–Kier alpha value is -9.58. The van der Waals surface area contributed by atoms with Gasteiger partial charge < -0.3 is 23.5 Å². The van der Waals surface area contributed by atoms with Crippen molar-refractivity contribution in [3.63, 3.8) is 0 Å². The molecule has 13 aromatic rings. The maximum Gasteiger partial charge on any atom is 0.135 e. The second-order valence-corrected chi connectivity index (χ2v) is 18.6. The van der Waals surface area contributed by atoms with Crippen LogP contribution in [-0.2, 0) is 0 Å². The Morgan fingerprint density at radius 3 is 0.893 bits per heavy atom. The molecule has 0 saturated heterocycles. The summed E-state index contributed by atoms with van der Waals surface area (Å²) in [6.45, 7) is 8.44. The highest BCUT2D eigenvalue weighted by molar-refractivity contribution is 6.12. The topological polar surface area (TPSA) is 36.0 Å². The summed E-state index contributed by atoms with van der Waals surface area (Å²) in [7, 11) is 0. The van der Waals surface area contributed by atoms with E-state index in [4.69, 9.17) is 8.83 Å². The Morgan fingerprint density at radius 2 is 0.533 bits per heavy atom. The average molecular weight is 970 g/mol. The Bertz CT molecular complexity index is 3830. The highest BCUT2D eigenvalue weighted by atomic mass is 16.3. The molecule has 0 aliphatic heterocycles. The molecule has 13 rings (SSSR count). The lowest BCUT2D eigenvalue weighted by Gasteiger charge is -2.28. The van der Waals surface area contributed by atoms with Crippen LogP contribution in [-0.4, -0.2) is 0 Å². The smallest absolute Gasteiger partial charge is 0.135 e. The zero-order valence-electron chi connectivity index (χ0n) is 42.5. The van der Waals surface area contributed by atoms with Gasteiger partial charge in [-0.25, -0.2) is 0 Å². The first-order valence-electron chi connectivity index (χ1n) is 25.8. The van der Waals surface area contributed by atoms with E-state index in [1.54, 1.807) is 0 Å². The second kappa shape index (κ2) is 20.1. The van der Waals surface area contributed by atoms with Crippen molar-refractivity contribution >= 4 is 95.1 Å². The quantitative estimate of drug-likeness (QED) is 0.129. The van der Waals surface area contributed by atoms with Crippen molar-refractivity contribution in [3.8, 4) is 22.3 Å². The van der Waals surface area contributed by atoms with Crippen LogP contribution < -0.4 is 14.7 Å². The molecule has 2 aromatic heterocycles.